The van der Waals surface area contributed by atoms with Crippen molar-refractivity contribution >= 4 is 11.5 Å². The Morgan fingerprint density at radius 2 is 2.44 bits per heavy atom. The smallest absolute Gasteiger partial charge is 0.0800 e. The molecule has 1 saturated heterocycles. The Kier molecular flexibility index (Phi) is 5.53. The van der Waals surface area contributed by atoms with E-state index in [9.17, 15) is 0 Å². The zero-order valence-electron chi connectivity index (χ0n) is 11.3. The van der Waals surface area contributed by atoms with Crippen molar-refractivity contribution < 1.29 is 4.74 Å². The van der Waals surface area contributed by atoms with Crippen LogP contribution in [0.4, 0.5) is 0 Å². The third kappa shape index (κ3) is 3.49. The molecular weight excluding hydrogens is 246 g/mol. The standard InChI is InChI=1S/C13H23N3OS/c1-3-11-13(18-16-15-11)12(14-2)8-4-6-10-7-5-9-17-10/h10,12,14H,3-9H2,1-2H3. The van der Waals surface area contributed by atoms with Crippen molar-refractivity contribution in [1.29, 1.82) is 0 Å². The fourth-order valence-corrected chi connectivity index (χ4v) is 3.43. The summed E-state index contributed by atoms with van der Waals surface area (Å²) in [6.07, 6.45) is 7.49. The minimum absolute atomic E-state index is 0.404. The molecule has 102 valence electrons. The molecular formula is C13H23N3OS. The maximum atomic E-state index is 5.66. The van der Waals surface area contributed by atoms with Gasteiger partial charge in [-0.3, -0.25) is 0 Å². The van der Waals surface area contributed by atoms with Crippen molar-refractivity contribution in [3.05, 3.63) is 10.6 Å². The van der Waals surface area contributed by atoms with Gasteiger partial charge in [0.1, 0.15) is 0 Å². The first kappa shape index (κ1) is 13.9. The molecule has 5 heteroatoms. The second-order valence-electron chi connectivity index (χ2n) is 4.84. The van der Waals surface area contributed by atoms with Crippen LogP contribution in [0.15, 0.2) is 0 Å². The third-order valence-corrected chi connectivity index (χ3v) is 4.51. The van der Waals surface area contributed by atoms with Crippen molar-refractivity contribution in [2.75, 3.05) is 13.7 Å². The van der Waals surface area contributed by atoms with Crippen LogP contribution in [0.1, 0.15) is 55.6 Å². The molecule has 1 aromatic heterocycles. The number of hydrogen-bond donors (Lipinski definition) is 1. The summed E-state index contributed by atoms with van der Waals surface area (Å²) in [5.41, 5.74) is 1.15. The molecule has 0 aromatic carbocycles. The number of aryl methyl sites for hydroxylation is 1. The van der Waals surface area contributed by atoms with E-state index in [1.54, 1.807) is 0 Å². The zero-order valence-corrected chi connectivity index (χ0v) is 12.1. The molecule has 2 unspecified atom stereocenters. The predicted molar refractivity (Wildman–Crippen MR) is 73.9 cm³/mol. The van der Waals surface area contributed by atoms with Crippen LogP contribution in [0.3, 0.4) is 0 Å². The molecule has 0 radical (unpaired) electrons. The Hall–Kier alpha value is -0.520. The fraction of sp³-hybridized carbons (Fsp3) is 0.846. The van der Waals surface area contributed by atoms with E-state index in [1.807, 2.05) is 7.05 Å². The van der Waals surface area contributed by atoms with Gasteiger partial charge in [-0.1, -0.05) is 11.4 Å². The Bertz CT molecular complexity index is 350. The number of hydrogen-bond acceptors (Lipinski definition) is 5. The van der Waals surface area contributed by atoms with Crippen LogP contribution < -0.4 is 5.32 Å². The van der Waals surface area contributed by atoms with E-state index in [0.717, 1.165) is 25.1 Å². The highest BCUT2D eigenvalue weighted by molar-refractivity contribution is 7.05. The minimum atomic E-state index is 0.404. The first-order valence-corrected chi connectivity index (χ1v) is 7.72. The van der Waals surface area contributed by atoms with Gasteiger partial charge in [0.25, 0.3) is 0 Å². The summed E-state index contributed by atoms with van der Waals surface area (Å²) in [5, 5.41) is 7.59. The van der Waals surface area contributed by atoms with Crippen LogP contribution in [0.25, 0.3) is 0 Å². The van der Waals surface area contributed by atoms with E-state index in [2.05, 4.69) is 21.8 Å². The van der Waals surface area contributed by atoms with Crippen molar-refractivity contribution in [3.63, 3.8) is 0 Å². The van der Waals surface area contributed by atoms with Crippen molar-refractivity contribution in [1.82, 2.24) is 14.9 Å². The summed E-state index contributed by atoms with van der Waals surface area (Å²) in [6.45, 7) is 3.10. The predicted octanol–water partition coefficient (Wildman–Crippen LogP) is 2.71. The first-order chi connectivity index (χ1) is 8.85. The van der Waals surface area contributed by atoms with Crippen molar-refractivity contribution in [2.24, 2.45) is 0 Å². The zero-order chi connectivity index (χ0) is 12.8. The molecule has 2 atom stereocenters. The van der Waals surface area contributed by atoms with Crippen LogP contribution in [-0.4, -0.2) is 29.3 Å². The SMILES string of the molecule is CCc1nnsc1C(CCCC1CCCO1)NC. The van der Waals surface area contributed by atoms with Gasteiger partial charge < -0.3 is 10.1 Å². The lowest BCUT2D eigenvalue weighted by molar-refractivity contribution is 0.101. The molecule has 0 bridgehead atoms. The second-order valence-corrected chi connectivity index (χ2v) is 5.63. The quantitative estimate of drug-likeness (QED) is 0.827. The summed E-state index contributed by atoms with van der Waals surface area (Å²) < 4.78 is 9.74. The third-order valence-electron chi connectivity index (χ3n) is 3.63. The molecule has 1 N–H and O–H groups in total. The molecule has 2 rings (SSSR count). The first-order valence-electron chi connectivity index (χ1n) is 6.95. The van der Waals surface area contributed by atoms with Gasteiger partial charge in [-0.15, -0.1) is 5.10 Å². The van der Waals surface area contributed by atoms with Gasteiger partial charge in [0, 0.05) is 12.6 Å². The summed E-state index contributed by atoms with van der Waals surface area (Å²) in [4.78, 5) is 1.31. The molecule has 0 amide bonds. The van der Waals surface area contributed by atoms with E-state index >= 15 is 0 Å². The minimum Gasteiger partial charge on any atom is -0.378 e. The van der Waals surface area contributed by atoms with E-state index in [4.69, 9.17) is 4.74 Å². The maximum Gasteiger partial charge on any atom is 0.0800 e. The molecule has 1 fully saturated rings. The van der Waals surface area contributed by atoms with Crippen LogP contribution in [-0.2, 0) is 11.2 Å². The van der Waals surface area contributed by atoms with Crippen LogP contribution in [0.2, 0.25) is 0 Å². The van der Waals surface area contributed by atoms with E-state index in [-0.39, 0.29) is 0 Å². The summed E-state index contributed by atoms with van der Waals surface area (Å²) in [7, 11) is 2.02. The average Bonchev–Trinajstić information content (AvgIpc) is 3.05. The topological polar surface area (TPSA) is 47.0 Å². The molecule has 1 aromatic rings. The molecule has 18 heavy (non-hydrogen) atoms. The highest BCUT2D eigenvalue weighted by Crippen LogP contribution is 2.26. The van der Waals surface area contributed by atoms with E-state index in [1.165, 1.54) is 42.1 Å². The monoisotopic (exact) mass is 269 g/mol. The van der Waals surface area contributed by atoms with Crippen molar-refractivity contribution in [2.45, 2.75) is 57.6 Å². The van der Waals surface area contributed by atoms with Crippen molar-refractivity contribution in [3.8, 4) is 0 Å². The Morgan fingerprint density at radius 1 is 1.56 bits per heavy atom. The van der Waals surface area contributed by atoms with Crippen LogP contribution in [0, 0.1) is 0 Å². The lowest BCUT2D eigenvalue weighted by atomic mass is 10.0. The summed E-state index contributed by atoms with van der Waals surface area (Å²) >= 11 is 1.53. The molecule has 0 aliphatic carbocycles. The molecule has 1 aliphatic heterocycles. The molecule has 2 heterocycles. The molecule has 1 aliphatic rings. The van der Waals surface area contributed by atoms with Gasteiger partial charge in [0.05, 0.1) is 16.7 Å². The number of nitrogens with one attached hydrogen (secondary N) is 1. The summed E-state index contributed by atoms with van der Waals surface area (Å²) in [5.74, 6) is 0. The highest BCUT2D eigenvalue weighted by Gasteiger charge is 2.19. The lowest BCUT2D eigenvalue weighted by Gasteiger charge is -2.16. The van der Waals surface area contributed by atoms with Gasteiger partial charge >= 0.3 is 0 Å². The van der Waals surface area contributed by atoms with Crippen LogP contribution in [0.5, 0.6) is 0 Å². The Labute approximate surface area is 113 Å². The highest BCUT2D eigenvalue weighted by atomic mass is 32.1. The number of ether oxygens (including phenoxy) is 1. The van der Waals surface area contributed by atoms with Gasteiger partial charge in [0.2, 0.25) is 0 Å². The number of aromatic nitrogens is 2. The lowest BCUT2D eigenvalue weighted by Crippen LogP contribution is -2.17. The van der Waals surface area contributed by atoms with Gasteiger partial charge in [-0.05, 0) is 57.1 Å². The Balaban J connectivity index is 1.81. The van der Waals surface area contributed by atoms with E-state index in [0.29, 0.717) is 12.1 Å². The maximum absolute atomic E-state index is 5.66. The van der Waals surface area contributed by atoms with Crippen LogP contribution >= 0.6 is 11.5 Å². The Morgan fingerprint density at radius 3 is 3.11 bits per heavy atom. The fourth-order valence-electron chi connectivity index (χ4n) is 2.55. The van der Waals surface area contributed by atoms with Gasteiger partial charge in [-0.2, -0.15) is 0 Å². The number of rotatable bonds is 7. The average molecular weight is 269 g/mol. The van der Waals surface area contributed by atoms with E-state index < -0.39 is 0 Å². The second kappa shape index (κ2) is 7.16. The molecule has 0 saturated carbocycles. The largest absolute Gasteiger partial charge is 0.378 e. The molecule has 0 spiro atoms. The normalized spacial score (nSPS) is 21.3. The molecule has 4 nitrogen and oxygen atoms in total. The number of nitrogens with zero attached hydrogens (tertiary/aromatic N) is 2. The van der Waals surface area contributed by atoms with Gasteiger partial charge in [-0.25, -0.2) is 0 Å². The summed E-state index contributed by atoms with van der Waals surface area (Å²) in [6, 6.07) is 0.404. The van der Waals surface area contributed by atoms with Gasteiger partial charge in [0.15, 0.2) is 0 Å².